The van der Waals surface area contributed by atoms with Gasteiger partial charge in [-0.3, -0.25) is 19.7 Å². The fraction of sp³-hybridized carbons (Fsp3) is 0.667. The van der Waals surface area contributed by atoms with Crippen LogP contribution in [0.3, 0.4) is 0 Å². The molecule has 0 aromatic heterocycles. The number of benzene rings is 1. The highest BCUT2D eigenvalue weighted by molar-refractivity contribution is 8.15. The minimum atomic E-state index is -0.916. The van der Waals surface area contributed by atoms with Crippen LogP contribution in [0.15, 0.2) is 28.2 Å². The third kappa shape index (κ3) is 5.73. The van der Waals surface area contributed by atoms with Crippen molar-refractivity contribution < 1.29 is 15.0 Å². The largest absolute Gasteiger partial charge is 0.507 e. The average Bonchev–Trinajstić information content (AvgIpc) is 3.58. The lowest BCUT2D eigenvalue weighted by atomic mass is 9.83. The number of primary amides is 1. The van der Waals surface area contributed by atoms with Crippen molar-refractivity contribution in [1.82, 2.24) is 4.90 Å². The number of amides is 1. The number of phenolic OH excluding ortho intramolecular Hbond substituents is 1. The molecule has 0 saturated carbocycles. The number of aliphatic hydroxyl groups excluding tert-OH is 1. The number of carbonyl (C=O) groups is 1. The molecular weight excluding hydrogens is 525 g/mol. The highest BCUT2D eigenvalue weighted by Crippen LogP contribution is 2.44. The SMILES string of the molecule is CCCCCc1cccc(O)c1C1=N[C@@H]([C@H]2SC[C@@H]([C@@H](O)C(C)(C)C3=N[C@@](C)(C(N)=O)CS3)N2C)CS1. The number of likely N-dealkylation sites (N-methyl/N-ethyl adjacent to an activating group) is 1. The topological polar surface area (TPSA) is 112 Å². The maximum absolute atomic E-state index is 11.9. The second-order valence-electron chi connectivity index (χ2n) is 11.0. The first-order valence-electron chi connectivity index (χ1n) is 13.1. The molecule has 37 heavy (non-hydrogen) atoms. The van der Waals surface area contributed by atoms with Crippen LogP contribution in [-0.2, 0) is 11.2 Å². The third-order valence-corrected chi connectivity index (χ3v) is 12.0. The standard InChI is InChI=1S/C27H40N4O3S3/c1-6-7-8-10-16-11-9-12-19(32)20(16)22-29-17(13-35-22)23-31(5)18(14-36-23)21(33)26(2,3)25-30-27(4,15-37-25)24(28)34/h9,11-12,17-18,21,23,32-33H,6-8,10,13-15H2,1-5H3,(H2,28,34)/t17-,18+,21-,23-,27-/m1/s1. The number of unbranched alkanes of at least 4 members (excludes halogenated alkanes) is 2. The molecule has 3 heterocycles. The zero-order chi connectivity index (χ0) is 27.0. The van der Waals surface area contributed by atoms with Gasteiger partial charge in [-0.15, -0.1) is 35.3 Å². The number of aliphatic hydroxyl groups is 1. The van der Waals surface area contributed by atoms with Crippen molar-refractivity contribution >= 4 is 51.3 Å². The molecule has 0 aliphatic carbocycles. The van der Waals surface area contributed by atoms with E-state index in [1.165, 1.54) is 23.7 Å². The summed E-state index contributed by atoms with van der Waals surface area (Å²) in [7, 11) is 2.07. The van der Waals surface area contributed by atoms with Crippen LogP contribution in [0.4, 0.5) is 0 Å². The first-order chi connectivity index (χ1) is 17.5. The van der Waals surface area contributed by atoms with Crippen LogP contribution < -0.4 is 5.73 Å². The Morgan fingerprint density at radius 1 is 1.30 bits per heavy atom. The van der Waals surface area contributed by atoms with Crippen LogP contribution in [0.2, 0.25) is 0 Å². The van der Waals surface area contributed by atoms with Crippen molar-refractivity contribution in [3.05, 3.63) is 29.3 Å². The Hall–Kier alpha value is -1.20. The number of nitrogens with zero attached hydrogens (tertiary/aromatic N) is 3. The highest BCUT2D eigenvalue weighted by atomic mass is 32.2. The van der Waals surface area contributed by atoms with Crippen molar-refractivity contribution in [2.24, 2.45) is 21.1 Å². The molecule has 0 spiro atoms. The summed E-state index contributed by atoms with van der Waals surface area (Å²) in [5.41, 5.74) is 6.12. The van der Waals surface area contributed by atoms with E-state index in [1.807, 2.05) is 31.7 Å². The molecular formula is C27H40N4O3S3. The number of phenols is 1. The first kappa shape index (κ1) is 28.8. The Balaban J connectivity index is 1.48. The number of aromatic hydroxyl groups is 1. The summed E-state index contributed by atoms with van der Waals surface area (Å²) in [6, 6.07) is 5.80. The number of aliphatic imine (C=N–C) groups is 2. The lowest BCUT2D eigenvalue weighted by Crippen LogP contribution is -2.52. The van der Waals surface area contributed by atoms with E-state index in [1.54, 1.807) is 24.8 Å². The van der Waals surface area contributed by atoms with Crippen LogP contribution in [0, 0.1) is 5.41 Å². The van der Waals surface area contributed by atoms with E-state index in [2.05, 4.69) is 29.9 Å². The second-order valence-corrected chi connectivity index (χ2v) is 14.2. The van der Waals surface area contributed by atoms with Gasteiger partial charge in [0.2, 0.25) is 5.91 Å². The molecule has 1 fully saturated rings. The van der Waals surface area contributed by atoms with E-state index in [4.69, 9.17) is 10.7 Å². The summed E-state index contributed by atoms with van der Waals surface area (Å²) < 4.78 is 0. The predicted octanol–water partition coefficient (Wildman–Crippen LogP) is 4.14. The number of rotatable bonds is 10. The molecule has 0 unspecified atom stereocenters. The Morgan fingerprint density at radius 2 is 2.05 bits per heavy atom. The molecule has 10 heteroatoms. The molecule has 1 aromatic carbocycles. The number of thioether (sulfide) groups is 3. The quantitative estimate of drug-likeness (QED) is 0.366. The van der Waals surface area contributed by atoms with E-state index in [9.17, 15) is 15.0 Å². The minimum absolute atomic E-state index is 0.0623. The first-order valence-corrected chi connectivity index (χ1v) is 16.1. The summed E-state index contributed by atoms with van der Waals surface area (Å²) in [5.74, 6) is 2.03. The number of aryl methyl sites for hydroxylation is 1. The predicted molar refractivity (Wildman–Crippen MR) is 159 cm³/mol. The van der Waals surface area contributed by atoms with Gasteiger partial charge >= 0.3 is 0 Å². The van der Waals surface area contributed by atoms with Gasteiger partial charge < -0.3 is 15.9 Å². The minimum Gasteiger partial charge on any atom is -0.507 e. The molecule has 204 valence electrons. The molecule has 1 amide bonds. The van der Waals surface area contributed by atoms with Gasteiger partial charge in [0.25, 0.3) is 0 Å². The molecule has 5 atom stereocenters. The van der Waals surface area contributed by atoms with E-state index >= 15 is 0 Å². The van der Waals surface area contributed by atoms with Crippen LogP contribution in [0.5, 0.6) is 5.75 Å². The summed E-state index contributed by atoms with van der Waals surface area (Å²) >= 11 is 5.07. The molecule has 0 bridgehead atoms. The smallest absolute Gasteiger partial charge is 0.245 e. The summed E-state index contributed by atoms with van der Waals surface area (Å²) in [5, 5.41) is 24.1. The normalized spacial score (nSPS) is 29.4. The van der Waals surface area contributed by atoms with Gasteiger partial charge in [-0.2, -0.15) is 0 Å². The van der Waals surface area contributed by atoms with Gasteiger partial charge in [-0.1, -0.05) is 45.7 Å². The van der Waals surface area contributed by atoms with Crippen molar-refractivity contribution in [3.63, 3.8) is 0 Å². The Morgan fingerprint density at radius 3 is 2.73 bits per heavy atom. The monoisotopic (exact) mass is 564 g/mol. The molecule has 3 aliphatic heterocycles. The molecule has 1 saturated heterocycles. The van der Waals surface area contributed by atoms with Gasteiger partial charge in [0, 0.05) is 28.7 Å². The Labute approximate surface area is 233 Å². The highest BCUT2D eigenvalue weighted by Gasteiger charge is 2.49. The van der Waals surface area contributed by atoms with Crippen LogP contribution >= 0.6 is 35.3 Å². The van der Waals surface area contributed by atoms with E-state index in [0.29, 0.717) is 11.5 Å². The molecule has 7 nitrogen and oxygen atoms in total. The summed E-state index contributed by atoms with van der Waals surface area (Å²) in [6.45, 7) is 7.96. The Kier molecular flexibility index (Phi) is 8.95. The van der Waals surface area contributed by atoms with Gasteiger partial charge in [-0.25, -0.2) is 0 Å². The Bertz CT molecular complexity index is 1080. The third-order valence-electron chi connectivity index (χ3n) is 7.78. The maximum atomic E-state index is 11.9. The van der Waals surface area contributed by atoms with Crippen molar-refractivity contribution in [2.75, 3.05) is 24.3 Å². The van der Waals surface area contributed by atoms with E-state index < -0.39 is 23.0 Å². The maximum Gasteiger partial charge on any atom is 0.245 e. The lowest BCUT2D eigenvalue weighted by Gasteiger charge is -2.38. The zero-order valence-electron chi connectivity index (χ0n) is 22.4. The lowest BCUT2D eigenvalue weighted by molar-refractivity contribution is -0.121. The second kappa shape index (κ2) is 11.5. The van der Waals surface area contributed by atoms with E-state index in [0.717, 1.165) is 46.4 Å². The van der Waals surface area contributed by atoms with Crippen LogP contribution in [0.1, 0.15) is 58.1 Å². The molecule has 1 aromatic rings. The van der Waals surface area contributed by atoms with Crippen LogP contribution in [-0.4, -0.2) is 84.5 Å². The van der Waals surface area contributed by atoms with Crippen LogP contribution in [0.25, 0.3) is 0 Å². The van der Waals surface area contributed by atoms with Gasteiger partial charge in [0.15, 0.2) is 0 Å². The van der Waals surface area contributed by atoms with Gasteiger partial charge in [0.1, 0.15) is 16.3 Å². The zero-order valence-corrected chi connectivity index (χ0v) is 24.9. The number of carbonyl (C=O) groups excluding carboxylic acids is 1. The van der Waals surface area contributed by atoms with Gasteiger partial charge in [-0.05, 0) is 38.4 Å². The average molecular weight is 565 g/mol. The summed E-state index contributed by atoms with van der Waals surface area (Å²) in [6.07, 6.45) is 3.73. The number of hydrogen-bond donors (Lipinski definition) is 3. The van der Waals surface area contributed by atoms with E-state index in [-0.39, 0.29) is 17.5 Å². The number of hydrogen-bond acceptors (Lipinski definition) is 9. The van der Waals surface area contributed by atoms with Crippen molar-refractivity contribution in [1.29, 1.82) is 0 Å². The summed E-state index contributed by atoms with van der Waals surface area (Å²) in [4.78, 5) is 23.9. The number of nitrogens with two attached hydrogens (primary N) is 1. The van der Waals surface area contributed by atoms with Crippen molar-refractivity contribution in [2.45, 2.75) is 82.5 Å². The molecule has 4 rings (SSSR count). The fourth-order valence-electron chi connectivity index (χ4n) is 5.16. The molecule has 0 radical (unpaired) electrons. The van der Waals surface area contributed by atoms with Crippen molar-refractivity contribution in [3.8, 4) is 5.75 Å². The molecule has 4 N–H and O–H groups in total. The van der Waals surface area contributed by atoms with Gasteiger partial charge in [0.05, 0.1) is 28.1 Å². The fourth-order valence-corrected chi connectivity index (χ4v) is 9.42. The molecule has 3 aliphatic rings.